The van der Waals surface area contributed by atoms with Crippen molar-refractivity contribution in [1.82, 2.24) is 5.32 Å². The number of hydrogen-bond acceptors (Lipinski definition) is 3. The van der Waals surface area contributed by atoms with Crippen LogP contribution in [0.5, 0.6) is 0 Å². The Kier molecular flexibility index (Phi) is 6.40. The molecule has 0 aromatic heterocycles. The maximum absolute atomic E-state index is 11.7. The molecule has 0 radical (unpaired) electrons. The Balaban J connectivity index is 2.35. The summed E-state index contributed by atoms with van der Waals surface area (Å²) in [5.41, 5.74) is 1.14. The summed E-state index contributed by atoms with van der Waals surface area (Å²) in [7, 11) is 0. The number of aldehydes is 2. The Morgan fingerprint density at radius 3 is 2.28 bits per heavy atom. The van der Waals surface area contributed by atoms with Crippen molar-refractivity contribution >= 4 is 18.5 Å². The van der Waals surface area contributed by atoms with Crippen molar-refractivity contribution in [2.24, 2.45) is 5.92 Å². The number of carbonyl (C=O) groups excluding carboxylic acids is 3. The van der Waals surface area contributed by atoms with Crippen LogP contribution in [0.25, 0.3) is 0 Å². The number of amides is 1. The predicted octanol–water partition coefficient (Wildman–Crippen LogP) is 1.14. The van der Waals surface area contributed by atoms with E-state index in [1.54, 1.807) is 0 Å². The second-order valence-electron chi connectivity index (χ2n) is 4.03. The van der Waals surface area contributed by atoms with Gasteiger partial charge in [-0.1, -0.05) is 30.3 Å². The maximum atomic E-state index is 11.7. The lowest BCUT2D eigenvalue weighted by atomic mass is 10.0. The molecule has 1 N–H and O–H groups in total. The monoisotopic (exact) mass is 247 g/mol. The van der Waals surface area contributed by atoms with E-state index in [-0.39, 0.29) is 18.7 Å². The molecule has 0 saturated heterocycles. The third kappa shape index (κ3) is 4.91. The van der Waals surface area contributed by atoms with Crippen molar-refractivity contribution in [1.29, 1.82) is 0 Å². The highest BCUT2D eigenvalue weighted by molar-refractivity contribution is 5.83. The molecule has 1 aromatic carbocycles. The first-order valence-electron chi connectivity index (χ1n) is 5.96. The van der Waals surface area contributed by atoms with E-state index in [0.717, 1.165) is 12.0 Å². The SMILES string of the molecule is O=CCC(CC=O)C(=O)NCCc1ccccc1. The summed E-state index contributed by atoms with van der Waals surface area (Å²) in [5.74, 6) is -0.763. The van der Waals surface area contributed by atoms with E-state index >= 15 is 0 Å². The highest BCUT2D eigenvalue weighted by atomic mass is 16.2. The van der Waals surface area contributed by atoms with Gasteiger partial charge in [-0.25, -0.2) is 0 Å². The van der Waals surface area contributed by atoms with E-state index in [4.69, 9.17) is 0 Å². The molecule has 0 spiro atoms. The van der Waals surface area contributed by atoms with Crippen molar-refractivity contribution in [2.75, 3.05) is 6.54 Å². The number of rotatable bonds is 8. The number of nitrogens with one attached hydrogen (secondary N) is 1. The van der Waals surface area contributed by atoms with Gasteiger partial charge >= 0.3 is 0 Å². The number of benzene rings is 1. The zero-order valence-electron chi connectivity index (χ0n) is 10.2. The largest absolute Gasteiger partial charge is 0.356 e. The van der Waals surface area contributed by atoms with E-state index in [2.05, 4.69) is 5.32 Å². The Morgan fingerprint density at radius 2 is 1.72 bits per heavy atom. The molecule has 0 aliphatic carbocycles. The molecule has 4 heteroatoms. The predicted molar refractivity (Wildman–Crippen MR) is 68.0 cm³/mol. The van der Waals surface area contributed by atoms with Gasteiger partial charge in [0.25, 0.3) is 0 Å². The molecular weight excluding hydrogens is 230 g/mol. The maximum Gasteiger partial charge on any atom is 0.223 e. The van der Waals surface area contributed by atoms with Gasteiger partial charge in [0.1, 0.15) is 12.6 Å². The lowest BCUT2D eigenvalue weighted by molar-refractivity contribution is -0.128. The summed E-state index contributed by atoms with van der Waals surface area (Å²) in [4.78, 5) is 32.5. The van der Waals surface area contributed by atoms with Crippen LogP contribution in [-0.2, 0) is 20.8 Å². The lowest BCUT2D eigenvalue weighted by Gasteiger charge is -2.11. The summed E-state index contributed by atoms with van der Waals surface area (Å²) in [6, 6.07) is 9.80. The van der Waals surface area contributed by atoms with Crippen LogP contribution in [0.1, 0.15) is 18.4 Å². The third-order valence-electron chi connectivity index (χ3n) is 2.69. The van der Waals surface area contributed by atoms with E-state index in [1.165, 1.54) is 0 Å². The summed E-state index contributed by atoms with van der Waals surface area (Å²) in [6.45, 7) is 0.511. The van der Waals surface area contributed by atoms with Crippen LogP contribution in [0.15, 0.2) is 30.3 Å². The van der Waals surface area contributed by atoms with Gasteiger partial charge in [-0.05, 0) is 12.0 Å². The van der Waals surface area contributed by atoms with Gasteiger partial charge < -0.3 is 14.9 Å². The Morgan fingerprint density at radius 1 is 1.11 bits per heavy atom. The summed E-state index contributed by atoms with van der Waals surface area (Å²) in [5, 5.41) is 2.74. The molecule has 18 heavy (non-hydrogen) atoms. The van der Waals surface area contributed by atoms with Crippen LogP contribution in [0.4, 0.5) is 0 Å². The molecule has 4 nitrogen and oxygen atoms in total. The van der Waals surface area contributed by atoms with E-state index in [0.29, 0.717) is 19.1 Å². The Bertz CT molecular complexity index is 379. The molecule has 1 amide bonds. The standard InChI is InChI=1S/C14H17NO3/c16-10-7-13(8-11-17)14(18)15-9-6-12-4-2-1-3-5-12/h1-5,10-11,13H,6-9H2,(H,15,18). The molecule has 0 aliphatic heterocycles. The Hall–Kier alpha value is -1.97. The lowest BCUT2D eigenvalue weighted by Crippen LogP contribution is -2.32. The fourth-order valence-electron chi connectivity index (χ4n) is 1.66. The van der Waals surface area contributed by atoms with Crippen LogP contribution < -0.4 is 5.32 Å². The smallest absolute Gasteiger partial charge is 0.223 e. The minimum Gasteiger partial charge on any atom is -0.356 e. The van der Waals surface area contributed by atoms with Crippen LogP contribution in [-0.4, -0.2) is 25.0 Å². The van der Waals surface area contributed by atoms with Gasteiger partial charge in [-0.15, -0.1) is 0 Å². The average molecular weight is 247 g/mol. The van der Waals surface area contributed by atoms with Gasteiger partial charge in [0.05, 0.1) is 5.92 Å². The average Bonchev–Trinajstić information content (AvgIpc) is 2.39. The van der Waals surface area contributed by atoms with Crippen LogP contribution in [0.3, 0.4) is 0 Å². The molecule has 1 aromatic rings. The molecule has 0 heterocycles. The Labute approximate surface area is 106 Å². The zero-order valence-corrected chi connectivity index (χ0v) is 10.2. The van der Waals surface area contributed by atoms with Crippen molar-refractivity contribution in [2.45, 2.75) is 19.3 Å². The fourth-order valence-corrected chi connectivity index (χ4v) is 1.66. The first-order chi connectivity index (χ1) is 8.77. The number of hydrogen-bond donors (Lipinski definition) is 1. The minimum absolute atomic E-state index is 0.0932. The molecule has 1 rings (SSSR count). The van der Waals surface area contributed by atoms with Crippen molar-refractivity contribution < 1.29 is 14.4 Å². The molecular formula is C14H17NO3. The van der Waals surface area contributed by atoms with Crippen molar-refractivity contribution in [3.63, 3.8) is 0 Å². The highest BCUT2D eigenvalue weighted by Crippen LogP contribution is 2.05. The van der Waals surface area contributed by atoms with Gasteiger partial charge in [-0.2, -0.15) is 0 Å². The van der Waals surface area contributed by atoms with Crippen molar-refractivity contribution in [3.05, 3.63) is 35.9 Å². The second kappa shape index (κ2) is 8.17. The summed E-state index contributed by atoms with van der Waals surface area (Å²) >= 11 is 0. The highest BCUT2D eigenvalue weighted by Gasteiger charge is 2.16. The van der Waals surface area contributed by atoms with Gasteiger partial charge in [0, 0.05) is 19.4 Å². The van der Waals surface area contributed by atoms with Crippen LogP contribution in [0, 0.1) is 5.92 Å². The molecule has 0 unspecified atom stereocenters. The molecule has 0 bridgehead atoms. The van der Waals surface area contributed by atoms with E-state index in [9.17, 15) is 14.4 Å². The molecule has 0 aliphatic rings. The van der Waals surface area contributed by atoms with Crippen LogP contribution in [0.2, 0.25) is 0 Å². The molecule has 0 saturated carbocycles. The van der Waals surface area contributed by atoms with Crippen molar-refractivity contribution in [3.8, 4) is 0 Å². The van der Waals surface area contributed by atoms with Gasteiger partial charge in [0.2, 0.25) is 5.91 Å². The molecule has 0 atom stereocenters. The molecule has 0 fully saturated rings. The summed E-state index contributed by atoms with van der Waals surface area (Å²) in [6.07, 6.45) is 2.27. The molecule has 96 valence electrons. The second-order valence-corrected chi connectivity index (χ2v) is 4.03. The van der Waals surface area contributed by atoms with Gasteiger partial charge in [0.15, 0.2) is 0 Å². The first-order valence-corrected chi connectivity index (χ1v) is 5.96. The van der Waals surface area contributed by atoms with E-state index < -0.39 is 5.92 Å². The number of carbonyl (C=O) groups is 3. The fraction of sp³-hybridized carbons (Fsp3) is 0.357. The van der Waals surface area contributed by atoms with Gasteiger partial charge in [-0.3, -0.25) is 4.79 Å². The normalized spacial score (nSPS) is 10.1. The summed E-state index contributed by atoms with van der Waals surface area (Å²) < 4.78 is 0. The van der Waals surface area contributed by atoms with E-state index in [1.807, 2.05) is 30.3 Å². The third-order valence-corrected chi connectivity index (χ3v) is 2.69. The van der Waals surface area contributed by atoms with Crippen LogP contribution >= 0.6 is 0 Å². The minimum atomic E-state index is -0.532. The topological polar surface area (TPSA) is 63.2 Å². The zero-order chi connectivity index (χ0) is 13.2. The first kappa shape index (κ1) is 14.1. The quantitative estimate of drug-likeness (QED) is 0.701.